The third-order valence-electron chi connectivity index (χ3n) is 5.42. The molecule has 3 heterocycles. The quantitative estimate of drug-likeness (QED) is 0.598. The first kappa shape index (κ1) is 22.7. The molecule has 0 unspecified atom stereocenters. The maximum Gasteiger partial charge on any atom is 0.258 e. The number of hydrogen-bond acceptors (Lipinski definition) is 4. The van der Waals surface area contributed by atoms with Crippen LogP contribution in [-0.2, 0) is 19.5 Å². The van der Waals surface area contributed by atoms with Crippen LogP contribution in [0.15, 0.2) is 12.1 Å². The van der Waals surface area contributed by atoms with E-state index in [0.717, 1.165) is 47.2 Å². The first-order valence-corrected chi connectivity index (χ1v) is 10.5. The Hall–Kier alpha value is -3.03. The lowest BCUT2D eigenvalue weighted by atomic mass is 10.1. The Morgan fingerprint density at radius 3 is 2.55 bits per heavy atom. The summed E-state index contributed by atoms with van der Waals surface area (Å²) >= 11 is 0. The van der Waals surface area contributed by atoms with Crippen LogP contribution in [0.3, 0.4) is 0 Å². The molecule has 1 amide bonds. The number of amides is 1. The normalized spacial score (nSPS) is 12.6. The predicted octanol–water partition coefficient (Wildman–Crippen LogP) is 4.77. The number of carbonyl (C=O) groups is 1. The SMILES string of the molecule is CC.CCCc1c(C)nc2c3c(nn2c1C)CN(C(=O)c1cc(F)cc(F)c1OC)C3. The van der Waals surface area contributed by atoms with Crippen LogP contribution in [0.2, 0.25) is 0 Å². The number of carbonyl (C=O) groups excluding carboxylic acids is 1. The zero-order valence-electron chi connectivity index (χ0n) is 18.8. The van der Waals surface area contributed by atoms with Gasteiger partial charge in [-0.15, -0.1) is 0 Å². The van der Waals surface area contributed by atoms with Crippen molar-refractivity contribution in [2.75, 3.05) is 7.11 Å². The fourth-order valence-electron chi connectivity index (χ4n) is 4.02. The fourth-order valence-corrected chi connectivity index (χ4v) is 4.02. The number of fused-ring (bicyclic) bond motifs is 3. The van der Waals surface area contributed by atoms with Gasteiger partial charge in [-0.3, -0.25) is 4.79 Å². The van der Waals surface area contributed by atoms with E-state index in [1.54, 1.807) is 0 Å². The van der Waals surface area contributed by atoms with Crippen LogP contribution in [0.1, 0.15) is 65.8 Å². The van der Waals surface area contributed by atoms with Gasteiger partial charge in [-0.1, -0.05) is 27.2 Å². The highest BCUT2D eigenvalue weighted by Gasteiger charge is 2.32. The summed E-state index contributed by atoms with van der Waals surface area (Å²) in [6, 6.07) is 1.69. The van der Waals surface area contributed by atoms with Crippen LogP contribution < -0.4 is 4.74 Å². The number of ether oxygens (including phenoxy) is 1. The van der Waals surface area contributed by atoms with Gasteiger partial charge in [-0.2, -0.15) is 5.10 Å². The maximum absolute atomic E-state index is 14.0. The zero-order valence-corrected chi connectivity index (χ0v) is 18.8. The van der Waals surface area contributed by atoms with Gasteiger partial charge in [0.25, 0.3) is 5.91 Å². The van der Waals surface area contributed by atoms with Gasteiger partial charge < -0.3 is 9.64 Å². The van der Waals surface area contributed by atoms with E-state index in [4.69, 9.17) is 9.72 Å². The van der Waals surface area contributed by atoms with Crippen LogP contribution in [0.25, 0.3) is 5.65 Å². The van der Waals surface area contributed by atoms with Crippen molar-refractivity contribution in [1.82, 2.24) is 19.5 Å². The molecule has 31 heavy (non-hydrogen) atoms. The lowest BCUT2D eigenvalue weighted by Crippen LogP contribution is -2.27. The van der Waals surface area contributed by atoms with Crippen LogP contribution in [0.5, 0.6) is 5.75 Å². The second kappa shape index (κ2) is 8.99. The summed E-state index contributed by atoms with van der Waals surface area (Å²) in [7, 11) is 1.25. The molecular formula is C23H28F2N4O2. The number of benzene rings is 1. The first-order chi connectivity index (χ1) is 14.8. The van der Waals surface area contributed by atoms with Gasteiger partial charge in [0.15, 0.2) is 17.2 Å². The number of rotatable bonds is 4. The number of nitrogens with zero attached hydrogens (tertiary/aromatic N) is 4. The highest BCUT2D eigenvalue weighted by molar-refractivity contribution is 5.97. The largest absolute Gasteiger partial charge is 0.493 e. The molecule has 2 aromatic heterocycles. The van der Waals surface area contributed by atoms with E-state index in [1.807, 2.05) is 32.2 Å². The molecule has 1 aliphatic heterocycles. The third kappa shape index (κ3) is 3.86. The minimum atomic E-state index is -0.905. The average molecular weight is 430 g/mol. The Morgan fingerprint density at radius 1 is 1.19 bits per heavy atom. The molecule has 0 fully saturated rings. The van der Waals surface area contributed by atoms with Gasteiger partial charge in [0, 0.05) is 23.0 Å². The Labute approximate surface area is 180 Å². The van der Waals surface area contributed by atoms with E-state index in [9.17, 15) is 13.6 Å². The third-order valence-corrected chi connectivity index (χ3v) is 5.42. The maximum atomic E-state index is 14.0. The smallest absolute Gasteiger partial charge is 0.258 e. The Kier molecular flexibility index (Phi) is 6.57. The molecule has 166 valence electrons. The summed E-state index contributed by atoms with van der Waals surface area (Å²) in [6.45, 7) is 10.7. The highest BCUT2D eigenvalue weighted by Crippen LogP contribution is 2.31. The summed E-state index contributed by atoms with van der Waals surface area (Å²) in [5.74, 6) is -2.50. The Morgan fingerprint density at radius 2 is 1.90 bits per heavy atom. The Bertz CT molecular complexity index is 1140. The van der Waals surface area contributed by atoms with Gasteiger partial charge >= 0.3 is 0 Å². The van der Waals surface area contributed by atoms with Gasteiger partial charge in [0.1, 0.15) is 5.82 Å². The fraction of sp³-hybridized carbons (Fsp3) is 0.435. The molecule has 0 spiro atoms. The van der Waals surface area contributed by atoms with Crippen LogP contribution in [0.4, 0.5) is 8.78 Å². The lowest BCUT2D eigenvalue weighted by molar-refractivity contribution is 0.0744. The van der Waals surface area contributed by atoms with Crippen LogP contribution in [-0.4, -0.2) is 32.5 Å². The molecular weight excluding hydrogens is 402 g/mol. The molecule has 0 atom stereocenters. The molecule has 8 heteroatoms. The number of aryl methyl sites for hydroxylation is 2. The second-order valence-corrected chi connectivity index (χ2v) is 7.30. The second-order valence-electron chi connectivity index (χ2n) is 7.30. The van der Waals surface area contributed by atoms with Crippen LogP contribution in [0, 0.1) is 25.5 Å². The molecule has 0 bridgehead atoms. The van der Waals surface area contributed by atoms with Crippen molar-refractivity contribution in [2.24, 2.45) is 0 Å². The lowest BCUT2D eigenvalue weighted by Gasteiger charge is -2.18. The molecule has 0 N–H and O–H groups in total. The van der Waals surface area contributed by atoms with Crippen molar-refractivity contribution in [2.45, 2.75) is 60.5 Å². The number of methoxy groups -OCH3 is 1. The van der Waals surface area contributed by atoms with Crippen molar-refractivity contribution in [3.05, 3.63) is 57.5 Å². The standard InChI is InChI=1S/C21H22F2N4O2.C2H6/c1-5-6-14-11(2)24-20-16-9-26(10-18(16)25-27(20)12(14)3)21(28)15-7-13(22)8-17(23)19(15)29-4;1-2/h7-8H,5-6,9-10H2,1-4H3;1-2H3. The topological polar surface area (TPSA) is 59.7 Å². The van der Waals surface area contributed by atoms with Gasteiger partial charge in [0.05, 0.1) is 31.5 Å². The molecule has 1 aliphatic rings. The van der Waals surface area contributed by atoms with Crippen molar-refractivity contribution in [3.63, 3.8) is 0 Å². The molecule has 6 nitrogen and oxygen atoms in total. The number of aromatic nitrogens is 3. The van der Waals surface area contributed by atoms with E-state index < -0.39 is 17.5 Å². The van der Waals surface area contributed by atoms with Crippen molar-refractivity contribution < 1.29 is 18.3 Å². The van der Waals surface area contributed by atoms with Crippen molar-refractivity contribution in [1.29, 1.82) is 0 Å². The monoisotopic (exact) mass is 430 g/mol. The van der Waals surface area contributed by atoms with E-state index in [1.165, 1.54) is 17.6 Å². The molecule has 1 aromatic carbocycles. The molecule has 3 aromatic rings. The summed E-state index contributed by atoms with van der Waals surface area (Å²) in [6.07, 6.45) is 1.95. The summed E-state index contributed by atoms with van der Waals surface area (Å²) in [5.41, 5.74) is 5.39. The van der Waals surface area contributed by atoms with Gasteiger partial charge in [-0.05, 0) is 31.9 Å². The summed E-state index contributed by atoms with van der Waals surface area (Å²) in [4.78, 5) is 19.2. The summed E-state index contributed by atoms with van der Waals surface area (Å²) in [5, 5.41) is 4.66. The van der Waals surface area contributed by atoms with Crippen molar-refractivity contribution >= 4 is 11.6 Å². The minimum absolute atomic E-state index is 0.141. The van der Waals surface area contributed by atoms with E-state index in [0.29, 0.717) is 6.07 Å². The Balaban J connectivity index is 0.00000132. The molecule has 4 rings (SSSR count). The van der Waals surface area contributed by atoms with Gasteiger partial charge in [0.2, 0.25) is 0 Å². The predicted molar refractivity (Wildman–Crippen MR) is 114 cm³/mol. The highest BCUT2D eigenvalue weighted by atomic mass is 19.1. The molecule has 0 saturated heterocycles. The number of hydrogen-bond donors (Lipinski definition) is 0. The first-order valence-electron chi connectivity index (χ1n) is 10.5. The van der Waals surface area contributed by atoms with E-state index in [-0.39, 0.29) is 24.4 Å². The molecule has 0 aliphatic carbocycles. The van der Waals surface area contributed by atoms with Crippen LogP contribution >= 0.6 is 0 Å². The minimum Gasteiger partial charge on any atom is -0.493 e. The zero-order chi connectivity index (χ0) is 22.9. The average Bonchev–Trinajstić information content (AvgIpc) is 3.30. The van der Waals surface area contributed by atoms with E-state index in [2.05, 4.69) is 12.0 Å². The van der Waals surface area contributed by atoms with Crippen molar-refractivity contribution in [3.8, 4) is 5.75 Å². The van der Waals surface area contributed by atoms with E-state index >= 15 is 0 Å². The number of halogens is 2. The molecule has 0 saturated carbocycles. The summed E-state index contributed by atoms with van der Waals surface area (Å²) < 4.78 is 34.5. The molecule has 0 radical (unpaired) electrons. The van der Waals surface area contributed by atoms with Gasteiger partial charge in [-0.25, -0.2) is 18.3 Å².